The van der Waals surface area contributed by atoms with Crippen LogP contribution in [0.4, 0.5) is 0 Å². The Morgan fingerprint density at radius 3 is 2.36 bits per heavy atom. The van der Waals surface area contributed by atoms with E-state index in [4.69, 9.17) is 4.74 Å². The number of rotatable bonds is 1. The fraction of sp³-hybridized carbons (Fsp3) is 0.667. The van der Waals surface area contributed by atoms with E-state index in [1.807, 2.05) is 0 Å². The third kappa shape index (κ3) is 3.14. The molecule has 1 rings (SSSR count). The highest BCUT2D eigenvalue weighted by Crippen LogP contribution is 2.16. The van der Waals surface area contributed by atoms with Crippen LogP contribution in [0.25, 0.3) is 0 Å². The van der Waals surface area contributed by atoms with Crippen LogP contribution >= 0.6 is 0 Å². The van der Waals surface area contributed by atoms with Gasteiger partial charge in [-0.05, 0) is 20.8 Å². The maximum Gasteiger partial charge on any atom is 0.335 e. The van der Waals surface area contributed by atoms with Crippen molar-refractivity contribution >= 4 is 15.8 Å². The molecule has 14 heavy (non-hydrogen) atoms. The van der Waals surface area contributed by atoms with Gasteiger partial charge < -0.3 is 4.74 Å². The maximum absolute atomic E-state index is 11.4. The molecule has 5 heteroatoms. The van der Waals surface area contributed by atoms with Gasteiger partial charge in [-0.3, -0.25) is 0 Å². The first-order chi connectivity index (χ1) is 6.20. The lowest BCUT2D eigenvalue weighted by Gasteiger charge is -2.19. The van der Waals surface area contributed by atoms with Crippen molar-refractivity contribution in [3.05, 3.63) is 11.6 Å². The summed E-state index contributed by atoms with van der Waals surface area (Å²) in [6.07, 6.45) is 1.42. The third-order valence-electron chi connectivity index (χ3n) is 1.62. The summed E-state index contributed by atoms with van der Waals surface area (Å²) in [5.74, 6) is -0.776. The van der Waals surface area contributed by atoms with Crippen molar-refractivity contribution in [3.8, 4) is 0 Å². The van der Waals surface area contributed by atoms with E-state index < -0.39 is 21.4 Å². The summed E-state index contributed by atoms with van der Waals surface area (Å²) in [6.45, 7) is 5.23. The zero-order valence-corrected chi connectivity index (χ0v) is 9.35. The lowest BCUT2D eigenvalue weighted by Crippen LogP contribution is -2.25. The minimum Gasteiger partial charge on any atom is -0.457 e. The highest BCUT2D eigenvalue weighted by Gasteiger charge is 2.28. The monoisotopic (exact) mass is 218 g/mol. The highest BCUT2D eigenvalue weighted by molar-refractivity contribution is 7.92. The van der Waals surface area contributed by atoms with Gasteiger partial charge >= 0.3 is 5.97 Å². The maximum atomic E-state index is 11.4. The van der Waals surface area contributed by atoms with Crippen LogP contribution in [-0.4, -0.2) is 31.5 Å². The number of esters is 1. The molecule has 1 aliphatic rings. The smallest absolute Gasteiger partial charge is 0.335 e. The van der Waals surface area contributed by atoms with Gasteiger partial charge in [0.2, 0.25) is 0 Å². The minimum atomic E-state index is -3.09. The molecule has 4 nitrogen and oxygen atoms in total. The summed E-state index contributed by atoms with van der Waals surface area (Å²) in [4.78, 5) is 11.4. The average molecular weight is 218 g/mol. The molecule has 0 saturated carbocycles. The lowest BCUT2D eigenvalue weighted by molar-refractivity contribution is -0.149. The third-order valence-corrected chi connectivity index (χ3v) is 3.05. The number of carbonyl (C=O) groups is 1. The highest BCUT2D eigenvalue weighted by atomic mass is 32.2. The fourth-order valence-electron chi connectivity index (χ4n) is 1.07. The van der Waals surface area contributed by atoms with Gasteiger partial charge in [-0.25, -0.2) is 13.2 Å². The van der Waals surface area contributed by atoms with Gasteiger partial charge in [-0.2, -0.15) is 0 Å². The Morgan fingerprint density at radius 2 is 2.00 bits per heavy atom. The Morgan fingerprint density at radius 1 is 1.43 bits per heavy atom. The first-order valence-electron chi connectivity index (χ1n) is 4.32. The van der Waals surface area contributed by atoms with Crippen molar-refractivity contribution < 1.29 is 17.9 Å². The molecule has 0 aromatic rings. The van der Waals surface area contributed by atoms with Crippen LogP contribution in [-0.2, 0) is 19.4 Å². The Hall–Kier alpha value is -0.840. The van der Waals surface area contributed by atoms with Crippen molar-refractivity contribution in [2.75, 3.05) is 11.5 Å². The number of hydrogen-bond acceptors (Lipinski definition) is 4. The van der Waals surface area contributed by atoms with Gasteiger partial charge in [0.25, 0.3) is 0 Å². The Balaban J connectivity index is 2.66. The van der Waals surface area contributed by atoms with E-state index in [0.717, 1.165) is 0 Å². The molecule has 0 aliphatic carbocycles. The molecule has 1 aliphatic heterocycles. The van der Waals surface area contributed by atoms with Gasteiger partial charge in [0.05, 0.1) is 11.5 Å². The van der Waals surface area contributed by atoms with Crippen molar-refractivity contribution in [3.63, 3.8) is 0 Å². The van der Waals surface area contributed by atoms with Crippen LogP contribution < -0.4 is 0 Å². The van der Waals surface area contributed by atoms with Gasteiger partial charge in [-0.1, -0.05) is 6.08 Å². The number of hydrogen-bond donors (Lipinski definition) is 0. The predicted molar refractivity (Wildman–Crippen MR) is 52.6 cm³/mol. The van der Waals surface area contributed by atoms with Crippen molar-refractivity contribution in [2.24, 2.45) is 0 Å². The molecule has 0 radical (unpaired) electrons. The Kier molecular flexibility index (Phi) is 2.71. The SMILES string of the molecule is CC(C)(C)OC(=O)C1=CCS(=O)(=O)C1. The van der Waals surface area contributed by atoms with E-state index in [9.17, 15) is 13.2 Å². The molecule has 0 amide bonds. The van der Waals surface area contributed by atoms with E-state index in [-0.39, 0.29) is 17.1 Å². The summed E-state index contributed by atoms with van der Waals surface area (Å²) in [7, 11) is -3.09. The van der Waals surface area contributed by atoms with Crippen LogP contribution in [0.15, 0.2) is 11.6 Å². The summed E-state index contributed by atoms with van der Waals surface area (Å²) in [6, 6.07) is 0. The number of sulfone groups is 1. The standard InChI is InChI=1S/C9H14O4S/c1-9(2,3)13-8(10)7-4-5-14(11,12)6-7/h4H,5-6H2,1-3H3. The van der Waals surface area contributed by atoms with Gasteiger partial charge in [-0.15, -0.1) is 0 Å². The topological polar surface area (TPSA) is 60.4 Å². The molecule has 1 heterocycles. The van der Waals surface area contributed by atoms with E-state index in [1.54, 1.807) is 20.8 Å². The van der Waals surface area contributed by atoms with Crippen LogP contribution in [0.3, 0.4) is 0 Å². The molecule has 0 bridgehead atoms. The van der Waals surface area contributed by atoms with E-state index in [0.29, 0.717) is 0 Å². The molecule has 0 saturated heterocycles. The van der Waals surface area contributed by atoms with Crippen LogP contribution in [0, 0.1) is 0 Å². The molecular weight excluding hydrogens is 204 g/mol. The van der Waals surface area contributed by atoms with E-state index >= 15 is 0 Å². The molecule has 0 atom stereocenters. The summed E-state index contributed by atoms with van der Waals surface area (Å²) < 4.78 is 27.1. The first-order valence-corrected chi connectivity index (χ1v) is 6.14. The summed E-state index contributed by atoms with van der Waals surface area (Å²) >= 11 is 0. The first kappa shape index (κ1) is 11.2. The largest absolute Gasteiger partial charge is 0.457 e. The molecule has 0 aromatic heterocycles. The molecule has 80 valence electrons. The fourth-order valence-corrected chi connectivity index (χ4v) is 2.35. The van der Waals surface area contributed by atoms with Gasteiger partial charge in [0.15, 0.2) is 9.84 Å². The number of carbonyl (C=O) groups excluding carboxylic acids is 1. The lowest BCUT2D eigenvalue weighted by atomic mass is 10.2. The molecule has 0 fully saturated rings. The Labute approximate surface area is 83.9 Å². The second kappa shape index (κ2) is 3.38. The average Bonchev–Trinajstić information content (AvgIpc) is 2.26. The van der Waals surface area contributed by atoms with Gasteiger partial charge in [0, 0.05) is 5.57 Å². The van der Waals surface area contributed by atoms with Crippen molar-refractivity contribution in [2.45, 2.75) is 26.4 Å². The normalized spacial score (nSPS) is 20.4. The Bertz CT molecular complexity index is 370. The summed E-state index contributed by atoms with van der Waals surface area (Å²) in [5, 5.41) is 0. The van der Waals surface area contributed by atoms with Crippen molar-refractivity contribution in [1.82, 2.24) is 0 Å². The second-order valence-corrected chi connectivity index (χ2v) is 6.39. The zero-order chi connectivity index (χ0) is 11.0. The molecule has 0 spiro atoms. The van der Waals surface area contributed by atoms with Crippen molar-refractivity contribution in [1.29, 1.82) is 0 Å². The van der Waals surface area contributed by atoms with Crippen LogP contribution in [0.2, 0.25) is 0 Å². The molecule has 0 unspecified atom stereocenters. The molecule has 0 aromatic carbocycles. The second-order valence-electron chi connectivity index (χ2n) is 4.29. The zero-order valence-electron chi connectivity index (χ0n) is 8.53. The minimum absolute atomic E-state index is 0.0540. The number of ether oxygens (including phenoxy) is 1. The van der Waals surface area contributed by atoms with Crippen LogP contribution in [0.5, 0.6) is 0 Å². The quantitative estimate of drug-likeness (QED) is 0.607. The molecule has 0 N–H and O–H groups in total. The molecular formula is C9H14O4S. The van der Waals surface area contributed by atoms with Crippen LogP contribution in [0.1, 0.15) is 20.8 Å². The predicted octanol–water partition coefficient (Wildman–Crippen LogP) is 0.683. The van der Waals surface area contributed by atoms with E-state index in [2.05, 4.69) is 0 Å². The van der Waals surface area contributed by atoms with E-state index in [1.165, 1.54) is 6.08 Å². The summed E-state index contributed by atoms with van der Waals surface area (Å²) in [5.41, 5.74) is -0.329. The van der Waals surface area contributed by atoms with Gasteiger partial charge in [0.1, 0.15) is 5.60 Å².